The molecule has 0 aromatic carbocycles. The molecular weight excluding hydrogens is 181 g/mol. The highest BCUT2D eigenvalue weighted by Gasteiger charge is 1.99. The Morgan fingerprint density at radius 2 is 2.43 bits per heavy atom. The van der Waals surface area contributed by atoms with Gasteiger partial charge >= 0.3 is 0 Å². The molecule has 7 heavy (non-hydrogen) atoms. The lowest BCUT2D eigenvalue weighted by Gasteiger charge is -2.01. The lowest BCUT2D eigenvalue weighted by molar-refractivity contribution is -0.122. The van der Waals surface area contributed by atoms with Gasteiger partial charge in [0.1, 0.15) is 5.88 Å². The van der Waals surface area contributed by atoms with Crippen LogP contribution >= 0.6 is 27.7 Å². The van der Waals surface area contributed by atoms with E-state index in [-0.39, 0.29) is 11.8 Å². The lowest BCUT2D eigenvalue weighted by Crippen LogP contribution is -2.16. The molecule has 0 saturated carbocycles. The maximum atomic E-state index is 10.3. The highest BCUT2D eigenvalue weighted by Crippen LogP contribution is 1.92. The number of carbonyl (C=O) groups is 1. The molecule has 0 aliphatic carbocycles. The summed E-state index contributed by atoms with van der Waals surface area (Å²) in [5.74, 6) is -0.108. The molecule has 0 atom stereocenters. The van der Waals surface area contributed by atoms with Gasteiger partial charge in [0.15, 0.2) is 0 Å². The molecule has 4 heteroatoms. The minimum absolute atomic E-state index is 0.0295. The van der Waals surface area contributed by atoms with Gasteiger partial charge in [0, 0.05) is 7.05 Å². The molecule has 2 nitrogen and oxygen atoms in total. The normalized spacial score (nSPS) is 8.43. The lowest BCUT2D eigenvalue weighted by atomic mass is 10.7. The van der Waals surface area contributed by atoms with Gasteiger partial charge in [0.2, 0.25) is 5.91 Å². The molecule has 0 aliphatic heterocycles. The van der Waals surface area contributed by atoms with Gasteiger partial charge in [-0.2, -0.15) is 0 Å². The largest absolute Gasteiger partial charge is 0.281 e. The van der Waals surface area contributed by atoms with Crippen LogP contribution < -0.4 is 0 Å². The van der Waals surface area contributed by atoms with Crippen molar-refractivity contribution in [1.29, 1.82) is 0 Å². The molecule has 0 unspecified atom stereocenters. The van der Waals surface area contributed by atoms with E-state index in [1.54, 1.807) is 7.05 Å². The number of carbonyl (C=O) groups excluding carboxylic acids is 1. The SMILES string of the molecule is CN(Br)C(=O)CCl. The third-order valence-electron chi connectivity index (χ3n) is 0.458. The van der Waals surface area contributed by atoms with Crippen LogP contribution in [0.5, 0.6) is 0 Å². The molecule has 42 valence electrons. The highest BCUT2D eigenvalue weighted by atomic mass is 79.9. The van der Waals surface area contributed by atoms with E-state index in [4.69, 9.17) is 11.6 Å². The summed E-state index contributed by atoms with van der Waals surface area (Å²) in [6, 6.07) is 0. The predicted octanol–water partition coefficient (Wildman–Crippen LogP) is 0.994. The van der Waals surface area contributed by atoms with Crippen LogP contribution in [0.4, 0.5) is 0 Å². The standard InChI is InChI=1S/C3H5BrClNO/c1-6(4)3(7)2-5/h2H2,1H3. The predicted molar refractivity (Wildman–Crippen MR) is 32.4 cm³/mol. The van der Waals surface area contributed by atoms with Gasteiger partial charge < -0.3 is 0 Å². The van der Waals surface area contributed by atoms with Crippen LogP contribution in [0.2, 0.25) is 0 Å². The van der Waals surface area contributed by atoms with Gasteiger partial charge in [-0.3, -0.25) is 8.72 Å². The van der Waals surface area contributed by atoms with Crippen molar-refractivity contribution in [2.24, 2.45) is 0 Å². The molecule has 0 saturated heterocycles. The van der Waals surface area contributed by atoms with Crippen LogP contribution in [0.3, 0.4) is 0 Å². The molecule has 1 amide bonds. The Hall–Kier alpha value is 0.240. The fraction of sp³-hybridized carbons (Fsp3) is 0.667. The second-order valence-corrected chi connectivity index (χ2v) is 2.34. The van der Waals surface area contributed by atoms with E-state index in [9.17, 15) is 4.79 Å². The quantitative estimate of drug-likeness (QED) is 0.442. The van der Waals surface area contributed by atoms with E-state index in [1.807, 2.05) is 0 Å². The number of amides is 1. The smallest absolute Gasteiger partial charge is 0.247 e. The summed E-state index contributed by atoms with van der Waals surface area (Å²) < 4.78 is 1.26. The molecule has 0 rings (SSSR count). The fourth-order valence-electron chi connectivity index (χ4n) is 0.0823. The summed E-state index contributed by atoms with van der Waals surface area (Å²) in [7, 11) is 1.59. The number of alkyl halides is 1. The first kappa shape index (κ1) is 7.24. The summed E-state index contributed by atoms with van der Waals surface area (Å²) in [6.07, 6.45) is 0. The Bertz CT molecular complexity index is 75.3. The zero-order chi connectivity index (χ0) is 5.86. The van der Waals surface area contributed by atoms with Crippen LogP contribution in [0, 0.1) is 0 Å². The van der Waals surface area contributed by atoms with Crippen molar-refractivity contribution in [1.82, 2.24) is 3.93 Å². The average molecular weight is 186 g/mol. The van der Waals surface area contributed by atoms with Gasteiger partial charge in [0.05, 0.1) is 16.1 Å². The van der Waals surface area contributed by atoms with Gasteiger partial charge in [-0.25, -0.2) is 0 Å². The fourth-order valence-corrected chi connectivity index (χ4v) is 0.531. The Labute approximate surface area is 55.8 Å². The molecule has 0 bridgehead atoms. The number of halogens is 2. The van der Waals surface area contributed by atoms with E-state index >= 15 is 0 Å². The number of nitrogens with zero attached hydrogens (tertiary/aromatic N) is 1. The van der Waals surface area contributed by atoms with Crippen molar-refractivity contribution < 1.29 is 4.79 Å². The Morgan fingerprint density at radius 1 is 2.00 bits per heavy atom. The van der Waals surface area contributed by atoms with Gasteiger partial charge in [-0.15, -0.1) is 11.6 Å². The van der Waals surface area contributed by atoms with Crippen LogP contribution in [-0.2, 0) is 4.79 Å². The molecule has 0 spiro atoms. The Balaban J connectivity index is 3.35. The van der Waals surface area contributed by atoms with Gasteiger partial charge in [-0.05, 0) is 0 Å². The van der Waals surface area contributed by atoms with Gasteiger partial charge in [-0.1, -0.05) is 0 Å². The average Bonchev–Trinajstić information content (AvgIpc) is 1.65. The van der Waals surface area contributed by atoms with E-state index in [1.165, 1.54) is 3.93 Å². The maximum Gasteiger partial charge on any atom is 0.247 e. The molecule has 0 N–H and O–H groups in total. The first-order valence-electron chi connectivity index (χ1n) is 1.66. The summed E-state index contributed by atoms with van der Waals surface area (Å²) in [5.41, 5.74) is 0. The molecule has 0 heterocycles. The minimum Gasteiger partial charge on any atom is -0.281 e. The summed E-state index contributed by atoms with van der Waals surface area (Å²) in [4.78, 5) is 10.3. The summed E-state index contributed by atoms with van der Waals surface area (Å²) in [6.45, 7) is 0. The van der Waals surface area contributed by atoms with Crippen LogP contribution in [0.1, 0.15) is 0 Å². The maximum absolute atomic E-state index is 10.3. The molecular formula is C3H5BrClNO. The first-order chi connectivity index (χ1) is 3.18. The van der Waals surface area contributed by atoms with Crippen LogP contribution in [-0.4, -0.2) is 22.8 Å². The van der Waals surface area contributed by atoms with Crippen molar-refractivity contribution in [3.8, 4) is 0 Å². The summed E-state index contributed by atoms with van der Waals surface area (Å²) in [5, 5.41) is 0. The van der Waals surface area contributed by atoms with Crippen molar-refractivity contribution in [3.63, 3.8) is 0 Å². The minimum atomic E-state index is -0.137. The van der Waals surface area contributed by atoms with Crippen molar-refractivity contribution in [3.05, 3.63) is 0 Å². The van der Waals surface area contributed by atoms with Gasteiger partial charge in [0.25, 0.3) is 0 Å². The van der Waals surface area contributed by atoms with E-state index in [2.05, 4.69) is 16.1 Å². The third-order valence-corrected chi connectivity index (χ3v) is 1.08. The second kappa shape index (κ2) is 3.27. The Kier molecular flexibility index (Phi) is 3.38. The molecule has 0 aliphatic rings. The van der Waals surface area contributed by atoms with E-state index < -0.39 is 0 Å². The second-order valence-electron chi connectivity index (χ2n) is 1.00. The van der Waals surface area contributed by atoms with Crippen LogP contribution in [0.15, 0.2) is 0 Å². The van der Waals surface area contributed by atoms with E-state index in [0.29, 0.717) is 0 Å². The van der Waals surface area contributed by atoms with Crippen molar-refractivity contribution >= 4 is 33.7 Å². The molecule has 0 fully saturated rings. The number of hydrogen-bond donors (Lipinski definition) is 0. The topological polar surface area (TPSA) is 20.3 Å². The zero-order valence-electron chi connectivity index (χ0n) is 3.82. The van der Waals surface area contributed by atoms with Crippen LogP contribution in [0.25, 0.3) is 0 Å². The highest BCUT2D eigenvalue weighted by molar-refractivity contribution is 9.07. The third kappa shape index (κ3) is 2.88. The molecule has 0 radical (unpaired) electrons. The molecule has 0 aromatic rings. The van der Waals surface area contributed by atoms with Crippen molar-refractivity contribution in [2.45, 2.75) is 0 Å². The number of hydrogen-bond acceptors (Lipinski definition) is 1. The molecule has 0 aromatic heterocycles. The van der Waals surface area contributed by atoms with E-state index in [0.717, 1.165) is 0 Å². The number of rotatable bonds is 1. The monoisotopic (exact) mass is 185 g/mol. The Morgan fingerprint density at radius 3 is 2.43 bits per heavy atom. The summed E-state index contributed by atoms with van der Waals surface area (Å²) >= 11 is 8.03. The first-order valence-corrected chi connectivity index (χ1v) is 2.91. The van der Waals surface area contributed by atoms with Crippen molar-refractivity contribution in [2.75, 3.05) is 12.9 Å². The zero-order valence-corrected chi connectivity index (χ0v) is 6.16.